The van der Waals surface area contributed by atoms with Gasteiger partial charge < -0.3 is 20.2 Å². The highest BCUT2D eigenvalue weighted by Gasteiger charge is 2.38. The van der Waals surface area contributed by atoms with Crippen molar-refractivity contribution in [1.82, 2.24) is 10.6 Å². The van der Waals surface area contributed by atoms with Crippen LogP contribution in [0.3, 0.4) is 0 Å². The number of hydrogen-bond donors (Lipinski definition) is 3. The number of guanidine groups is 1. The highest BCUT2D eigenvalue weighted by molar-refractivity contribution is 5.80. The van der Waals surface area contributed by atoms with Crippen LogP contribution in [0.25, 0.3) is 0 Å². The molecule has 2 aromatic rings. The lowest BCUT2D eigenvalue weighted by Gasteiger charge is -2.43. The molecule has 1 atom stereocenters. The van der Waals surface area contributed by atoms with Gasteiger partial charge in [0.1, 0.15) is 17.2 Å². The van der Waals surface area contributed by atoms with Crippen LogP contribution >= 0.6 is 0 Å². The van der Waals surface area contributed by atoms with Crippen molar-refractivity contribution in [2.45, 2.75) is 44.1 Å². The second-order valence-electron chi connectivity index (χ2n) is 7.44. The number of halogens is 1. The van der Waals surface area contributed by atoms with Crippen LogP contribution in [0.5, 0.6) is 0 Å². The quantitative estimate of drug-likeness (QED) is 0.514. The Hall–Kier alpha value is -2.34. The van der Waals surface area contributed by atoms with E-state index in [0.717, 1.165) is 24.9 Å². The molecule has 146 valence electrons. The lowest BCUT2D eigenvalue weighted by Crippen LogP contribution is -2.49. The van der Waals surface area contributed by atoms with Crippen molar-refractivity contribution in [3.05, 3.63) is 59.8 Å². The molecular formula is C21H28FN3O2. The molecule has 3 rings (SSSR count). The molecular weight excluding hydrogens is 345 g/mol. The molecule has 1 saturated carbocycles. The molecule has 0 spiro atoms. The molecule has 6 heteroatoms. The number of hydrogen-bond acceptors (Lipinski definition) is 3. The van der Waals surface area contributed by atoms with Crippen LogP contribution in [0.1, 0.15) is 44.4 Å². The first-order valence-electron chi connectivity index (χ1n) is 9.50. The molecule has 27 heavy (non-hydrogen) atoms. The fourth-order valence-electron chi connectivity index (χ4n) is 3.47. The Kier molecular flexibility index (Phi) is 5.85. The minimum atomic E-state index is -1.17. The van der Waals surface area contributed by atoms with Crippen LogP contribution in [0, 0.1) is 5.82 Å². The van der Waals surface area contributed by atoms with Gasteiger partial charge in [0, 0.05) is 18.5 Å². The van der Waals surface area contributed by atoms with Gasteiger partial charge in [-0.05, 0) is 56.5 Å². The Bertz CT molecular complexity index is 750. The third kappa shape index (κ3) is 4.50. The number of benzene rings is 1. The number of aliphatic hydroxyl groups is 1. The maximum absolute atomic E-state index is 13.3. The smallest absolute Gasteiger partial charge is 0.191 e. The molecule has 5 nitrogen and oxygen atoms in total. The summed E-state index contributed by atoms with van der Waals surface area (Å²) < 4.78 is 18.6. The van der Waals surface area contributed by atoms with Crippen LogP contribution in [0.15, 0.2) is 52.1 Å². The van der Waals surface area contributed by atoms with Crippen molar-refractivity contribution >= 4 is 5.96 Å². The van der Waals surface area contributed by atoms with E-state index in [4.69, 9.17) is 4.42 Å². The first-order valence-corrected chi connectivity index (χ1v) is 9.50. The number of furan rings is 1. The van der Waals surface area contributed by atoms with E-state index < -0.39 is 5.60 Å². The number of rotatable bonds is 7. The van der Waals surface area contributed by atoms with Crippen LogP contribution < -0.4 is 10.6 Å². The Morgan fingerprint density at radius 3 is 2.56 bits per heavy atom. The maximum Gasteiger partial charge on any atom is 0.191 e. The number of nitrogens with zero attached hydrogens (tertiary/aromatic N) is 1. The molecule has 1 unspecified atom stereocenters. The predicted octanol–water partition coefficient (Wildman–Crippen LogP) is 3.30. The van der Waals surface area contributed by atoms with Crippen molar-refractivity contribution in [2.24, 2.45) is 4.99 Å². The average molecular weight is 373 g/mol. The number of nitrogens with one attached hydrogen (secondary N) is 2. The molecule has 0 aliphatic heterocycles. The van der Waals surface area contributed by atoms with Crippen LogP contribution in [0.4, 0.5) is 4.39 Å². The summed E-state index contributed by atoms with van der Waals surface area (Å²) in [6.07, 6.45) is 4.84. The summed E-state index contributed by atoms with van der Waals surface area (Å²) in [5.74, 6) is 0.929. The Morgan fingerprint density at radius 2 is 2.00 bits per heavy atom. The first-order chi connectivity index (χ1) is 13.0. The molecule has 1 heterocycles. The van der Waals surface area contributed by atoms with E-state index in [9.17, 15) is 9.50 Å². The summed E-state index contributed by atoms with van der Waals surface area (Å²) in [5, 5.41) is 17.2. The summed E-state index contributed by atoms with van der Waals surface area (Å²) in [6.45, 7) is 5.30. The summed E-state index contributed by atoms with van der Waals surface area (Å²) >= 11 is 0. The molecule has 3 N–H and O–H groups in total. The second-order valence-corrected chi connectivity index (χ2v) is 7.44. The maximum atomic E-state index is 13.3. The first kappa shape index (κ1) is 19.4. The van der Waals surface area contributed by atoms with Gasteiger partial charge in [-0.1, -0.05) is 18.6 Å². The molecule has 1 aliphatic carbocycles. The zero-order valence-corrected chi connectivity index (χ0v) is 16.0. The van der Waals surface area contributed by atoms with E-state index >= 15 is 0 Å². The predicted molar refractivity (Wildman–Crippen MR) is 104 cm³/mol. The average Bonchev–Trinajstić information content (AvgIpc) is 3.15. The van der Waals surface area contributed by atoms with Gasteiger partial charge in [0.25, 0.3) is 0 Å². The monoisotopic (exact) mass is 373 g/mol. The van der Waals surface area contributed by atoms with Crippen molar-refractivity contribution in [3.63, 3.8) is 0 Å². The van der Waals surface area contributed by atoms with Gasteiger partial charge in [0.05, 0.1) is 12.8 Å². The zero-order valence-electron chi connectivity index (χ0n) is 16.0. The van der Waals surface area contributed by atoms with Crippen LogP contribution in [0.2, 0.25) is 0 Å². The minimum absolute atomic E-state index is 0.00736. The van der Waals surface area contributed by atoms with Crippen molar-refractivity contribution in [1.29, 1.82) is 0 Å². The Labute approximate surface area is 159 Å². The largest absolute Gasteiger partial charge is 0.466 e. The molecule has 0 amide bonds. The molecule has 1 aromatic carbocycles. The van der Waals surface area contributed by atoms with Crippen LogP contribution in [-0.4, -0.2) is 30.7 Å². The minimum Gasteiger partial charge on any atom is -0.466 e. The molecule has 0 radical (unpaired) electrons. The molecule has 1 aromatic heterocycles. The highest BCUT2D eigenvalue weighted by Crippen LogP contribution is 2.43. The van der Waals surface area contributed by atoms with Crippen molar-refractivity contribution in [2.75, 3.05) is 19.6 Å². The van der Waals surface area contributed by atoms with Gasteiger partial charge in [-0.2, -0.15) is 0 Å². The molecule has 0 saturated heterocycles. The Balaban J connectivity index is 1.67. The zero-order chi connectivity index (χ0) is 19.3. The van der Waals surface area contributed by atoms with Gasteiger partial charge in [-0.25, -0.2) is 9.38 Å². The van der Waals surface area contributed by atoms with Crippen molar-refractivity contribution < 1.29 is 13.9 Å². The fourth-order valence-corrected chi connectivity index (χ4v) is 3.47. The normalized spacial score (nSPS) is 18.4. The standard InChI is InChI=1S/C21H28FN3O2/c1-3-23-19(24-14-20(2,26)18-6-4-13-27-18)25-15-21(11-5-12-21)16-7-9-17(22)10-8-16/h4,6-10,13,26H,3,5,11-12,14-15H2,1-2H3,(H2,23,24,25). The summed E-state index contributed by atoms with van der Waals surface area (Å²) in [7, 11) is 0. The second kappa shape index (κ2) is 8.13. The lowest BCUT2D eigenvalue weighted by atomic mass is 9.64. The third-order valence-corrected chi connectivity index (χ3v) is 5.30. The number of aliphatic imine (C=N–C) groups is 1. The summed E-state index contributed by atoms with van der Waals surface area (Å²) in [6, 6.07) is 10.3. The topological polar surface area (TPSA) is 69.8 Å². The highest BCUT2D eigenvalue weighted by atomic mass is 19.1. The van der Waals surface area contributed by atoms with Gasteiger partial charge in [-0.3, -0.25) is 0 Å². The van der Waals surface area contributed by atoms with E-state index in [1.807, 2.05) is 19.1 Å². The van der Waals surface area contributed by atoms with Gasteiger partial charge in [0.2, 0.25) is 0 Å². The molecule has 1 fully saturated rings. The summed E-state index contributed by atoms with van der Waals surface area (Å²) in [4.78, 5) is 4.53. The van der Waals surface area contributed by atoms with E-state index in [1.54, 1.807) is 25.3 Å². The third-order valence-electron chi connectivity index (χ3n) is 5.30. The van der Waals surface area contributed by atoms with Gasteiger partial charge in [-0.15, -0.1) is 0 Å². The van der Waals surface area contributed by atoms with E-state index in [1.165, 1.54) is 18.6 Å². The van der Waals surface area contributed by atoms with Gasteiger partial charge >= 0.3 is 0 Å². The Morgan fingerprint density at radius 1 is 1.26 bits per heavy atom. The van der Waals surface area contributed by atoms with E-state index in [0.29, 0.717) is 18.3 Å². The SMILES string of the molecule is CCNC(=NCC(C)(O)c1ccco1)NCC1(c2ccc(F)cc2)CCC1. The lowest BCUT2D eigenvalue weighted by molar-refractivity contribution is 0.0436. The molecule has 0 bridgehead atoms. The van der Waals surface area contributed by atoms with Gasteiger partial charge in [0.15, 0.2) is 5.96 Å². The molecule has 1 aliphatic rings. The van der Waals surface area contributed by atoms with Crippen LogP contribution in [-0.2, 0) is 11.0 Å². The van der Waals surface area contributed by atoms with E-state index in [2.05, 4.69) is 15.6 Å². The fraction of sp³-hybridized carbons (Fsp3) is 0.476. The summed E-state index contributed by atoms with van der Waals surface area (Å²) in [5.41, 5.74) is -0.00854. The van der Waals surface area contributed by atoms with Crippen molar-refractivity contribution in [3.8, 4) is 0 Å². The van der Waals surface area contributed by atoms with E-state index in [-0.39, 0.29) is 17.8 Å².